The van der Waals surface area contributed by atoms with E-state index in [2.05, 4.69) is 5.32 Å². The Labute approximate surface area is 140 Å². The summed E-state index contributed by atoms with van der Waals surface area (Å²) < 4.78 is 70.7. The molecule has 1 atom stereocenters. The van der Waals surface area contributed by atoms with Crippen LogP contribution in [0.2, 0.25) is 0 Å². The monoisotopic (exact) mass is 359 g/mol. The second kappa shape index (κ2) is 7.50. The van der Waals surface area contributed by atoms with Crippen molar-refractivity contribution in [1.29, 1.82) is 0 Å². The highest BCUT2D eigenvalue weighted by Crippen LogP contribution is 2.35. The number of amides is 1. The quantitative estimate of drug-likeness (QED) is 0.814. The maximum absolute atomic E-state index is 13.5. The predicted octanol–water partition coefficient (Wildman–Crippen LogP) is 4.18. The number of hydrogen-bond acceptors (Lipinski definition) is 2. The largest absolute Gasteiger partial charge is 0.491 e. The first-order chi connectivity index (χ1) is 11.7. The Balaban J connectivity index is 2.02. The Morgan fingerprint density at radius 3 is 2.28 bits per heavy atom. The van der Waals surface area contributed by atoms with E-state index >= 15 is 0 Å². The van der Waals surface area contributed by atoms with Crippen molar-refractivity contribution in [2.45, 2.75) is 19.1 Å². The molecule has 1 N–H and O–H groups in total. The van der Waals surface area contributed by atoms with Gasteiger partial charge in [0.15, 0.2) is 0 Å². The summed E-state index contributed by atoms with van der Waals surface area (Å²) in [6.45, 7) is 1.13. The molecule has 2 rings (SSSR count). The van der Waals surface area contributed by atoms with Crippen LogP contribution < -0.4 is 10.1 Å². The van der Waals surface area contributed by atoms with Crippen molar-refractivity contribution in [3.8, 4) is 5.75 Å². The Morgan fingerprint density at radius 1 is 1.08 bits per heavy atom. The number of benzene rings is 2. The van der Waals surface area contributed by atoms with Gasteiger partial charge in [-0.15, -0.1) is 0 Å². The molecule has 8 heteroatoms. The fourth-order valence-electron chi connectivity index (χ4n) is 2.09. The van der Waals surface area contributed by atoms with E-state index in [0.717, 1.165) is 30.3 Å². The van der Waals surface area contributed by atoms with Gasteiger partial charge in [-0.1, -0.05) is 18.2 Å². The van der Waals surface area contributed by atoms with Crippen LogP contribution in [0.25, 0.3) is 0 Å². The van der Waals surface area contributed by atoms with Crippen molar-refractivity contribution in [2.24, 2.45) is 0 Å². The molecule has 25 heavy (non-hydrogen) atoms. The predicted molar refractivity (Wildman–Crippen MR) is 80.2 cm³/mol. The van der Waals surface area contributed by atoms with Crippen LogP contribution in [0.4, 0.5) is 22.0 Å². The Hall–Kier alpha value is -2.64. The summed E-state index contributed by atoms with van der Waals surface area (Å²) in [5.74, 6) is -3.48. The van der Waals surface area contributed by atoms with Gasteiger partial charge in [0.05, 0.1) is 11.6 Å². The van der Waals surface area contributed by atoms with E-state index in [0.29, 0.717) is 0 Å². The summed E-state index contributed by atoms with van der Waals surface area (Å²) in [6.07, 6.45) is -4.58. The van der Waals surface area contributed by atoms with Gasteiger partial charge >= 0.3 is 6.18 Å². The van der Waals surface area contributed by atoms with Crippen molar-refractivity contribution < 1.29 is 31.5 Å². The molecule has 0 aromatic heterocycles. The highest BCUT2D eigenvalue weighted by atomic mass is 19.4. The SMILES string of the molecule is C[C@@H](COc1ccccc1C(F)(F)F)NC(=O)c1c(F)cccc1F. The highest BCUT2D eigenvalue weighted by molar-refractivity contribution is 5.94. The molecular weight excluding hydrogens is 345 g/mol. The van der Waals surface area contributed by atoms with E-state index in [1.165, 1.54) is 19.1 Å². The topological polar surface area (TPSA) is 38.3 Å². The number of halogens is 5. The summed E-state index contributed by atoms with van der Waals surface area (Å²) in [5.41, 5.74) is -1.71. The second-order valence-electron chi connectivity index (χ2n) is 5.28. The number of nitrogens with one attached hydrogen (secondary N) is 1. The highest BCUT2D eigenvalue weighted by Gasteiger charge is 2.34. The minimum absolute atomic E-state index is 0.311. The molecular formula is C17H14F5NO2. The van der Waals surface area contributed by atoms with Crippen molar-refractivity contribution in [1.82, 2.24) is 5.32 Å². The molecule has 0 unspecified atom stereocenters. The van der Waals surface area contributed by atoms with E-state index < -0.39 is 46.6 Å². The number of rotatable bonds is 5. The third-order valence-corrected chi connectivity index (χ3v) is 3.25. The number of carbonyl (C=O) groups excluding carboxylic acids is 1. The van der Waals surface area contributed by atoms with Crippen LogP contribution >= 0.6 is 0 Å². The van der Waals surface area contributed by atoms with Crippen LogP contribution in [-0.4, -0.2) is 18.6 Å². The molecule has 0 saturated carbocycles. The number of hydrogen-bond donors (Lipinski definition) is 1. The van der Waals surface area contributed by atoms with E-state index in [1.54, 1.807) is 0 Å². The van der Waals surface area contributed by atoms with Gasteiger partial charge in [0.1, 0.15) is 29.6 Å². The van der Waals surface area contributed by atoms with Crippen LogP contribution in [-0.2, 0) is 6.18 Å². The van der Waals surface area contributed by atoms with Gasteiger partial charge in [0.2, 0.25) is 0 Å². The number of carbonyl (C=O) groups is 1. The number of para-hydroxylation sites is 1. The molecule has 0 aliphatic carbocycles. The molecule has 2 aromatic rings. The van der Waals surface area contributed by atoms with Gasteiger partial charge in [0, 0.05) is 0 Å². The van der Waals surface area contributed by atoms with Crippen molar-refractivity contribution in [3.05, 3.63) is 65.2 Å². The van der Waals surface area contributed by atoms with Gasteiger partial charge in [-0.3, -0.25) is 4.79 Å². The third-order valence-electron chi connectivity index (χ3n) is 3.25. The van der Waals surface area contributed by atoms with Crippen molar-refractivity contribution in [3.63, 3.8) is 0 Å². The van der Waals surface area contributed by atoms with Gasteiger partial charge in [-0.05, 0) is 31.2 Å². The van der Waals surface area contributed by atoms with Gasteiger partial charge in [-0.2, -0.15) is 13.2 Å². The van der Waals surface area contributed by atoms with Gasteiger partial charge in [0.25, 0.3) is 5.91 Å². The lowest BCUT2D eigenvalue weighted by Gasteiger charge is -2.18. The van der Waals surface area contributed by atoms with Crippen LogP contribution in [0.3, 0.4) is 0 Å². The molecule has 3 nitrogen and oxygen atoms in total. The maximum atomic E-state index is 13.5. The van der Waals surface area contributed by atoms with Crippen LogP contribution in [0.1, 0.15) is 22.8 Å². The average molecular weight is 359 g/mol. The second-order valence-corrected chi connectivity index (χ2v) is 5.28. The van der Waals surface area contributed by atoms with Crippen LogP contribution in [0.5, 0.6) is 5.75 Å². The standard InChI is InChI=1S/C17H14F5NO2/c1-10(23-16(24)15-12(18)6-4-7-13(15)19)9-25-14-8-3-2-5-11(14)17(20,21)22/h2-8,10H,9H2,1H3,(H,23,24)/t10-/m0/s1. The van der Waals surface area contributed by atoms with Gasteiger partial charge in [-0.25, -0.2) is 8.78 Å². The normalized spacial score (nSPS) is 12.6. The molecule has 0 fully saturated rings. The number of ether oxygens (including phenoxy) is 1. The fourth-order valence-corrected chi connectivity index (χ4v) is 2.09. The molecule has 0 saturated heterocycles. The lowest BCUT2D eigenvalue weighted by Crippen LogP contribution is -2.37. The minimum atomic E-state index is -4.58. The Morgan fingerprint density at radius 2 is 1.68 bits per heavy atom. The molecule has 0 aliphatic heterocycles. The molecule has 0 radical (unpaired) electrons. The first-order valence-corrected chi connectivity index (χ1v) is 7.24. The molecule has 0 bridgehead atoms. The number of alkyl halides is 3. The van der Waals surface area contributed by atoms with Crippen molar-refractivity contribution in [2.75, 3.05) is 6.61 Å². The zero-order valence-corrected chi connectivity index (χ0v) is 13.0. The van der Waals surface area contributed by atoms with Crippen LogP contribution in [0, 0.1) is 11.6 Å². The average Bonchev–Trinajstić information content (AvgIpc) is 2.52. The molecule has 0 heterocycles. The Kier molecular flexibility index (Phi) is 5.61. The van der Waals surface area contributed by atoms with E-state index in [-0.39, 0.29) is 6.61 Å². The molecule has 0 spiro atoms. The van der Waals surface area contributed by atoms with E-state index in [4.69, 9.17) is 4.74 Å². The first kappa shape index (κ1) is 18.7. The minimum Gasteiger partial charge on any atom is -0.491 e. The summed E-state index contributed by atoms with van der Waals surface area (Å²) in [6, 6.07) is 6.80. The zero-order valence-electron chi connectivity index (χ0n) is 13.0. The summed E-state index contributed by atoms with van der Waals surface area (Å²) in [7, 11) is 0. The smallest absolute Gasteiger partial charge is 0.419 e. The van der Waals surface area contributed by atoms with E-state index in [1.807, 2.05) is 0 Å². The Bertz CT molecular complexity index is 741. The van der Waals surface area contributed by atoms with E-state index in [9.17, 15) is 26.7 Å². The van der Waals surface area contributed by atoms with Gasteiger partial charge < -0.3 is 10.1 Å². The van der Waals surface area contributed by atoms with Crippen molar-refractivity contribution >= 4 is 5.91 Å². The lowest BCUT2D eigenvalue weighted by atomic mass is 10.1. The third kappa shape index (κ3) is 4.68. The first-order valence-electron chi connectivity index (χ1n) is 7.24. The maximum Gasteiger partial charge on any atom is 0.419 e. The molecule has 134 valence electrons. The summed E-state index contributed by atoms with van der Waals surface area (Å²) >= 11 is 0. The molecule has 1 amide bonds. The zero-order chi connectivity index (χ0) is 18.6. The molecule has 2 aromatic carbocycles. The molecule has 0 aliphatic rings. The summed E-state index contributed by atoms with van der Waals surface area (Å²) in [5, 5.41) is 2.28. The fraction of sp³-hybridized carbons (Fsp3) is 0.235. The summed E-state index contributed by atoms with van der Waals surface area (Å²) in [4.78, 5) is 11.9. The van der Waals surface area contributed by atoms with Crippen LogP contribution in [0.15, 0.2) is 42.5 Å². The lowest BCUT2D eigenvalue weighted by molar-refractivity contribution is -0.139.